The molecular formula is C20H24O7. The zero-order chi connectivity index (χ0) is 20.0. The lowest BCUT2D eigenvalue weighted by Crippen LogP contribution is -2.07. The maximum Gasteiger partial charge on any atom is 0.307 e. The number of carboxylic acids is 1. The average Bonchev–Trinajstić information content (AvgIpc) is 2.66. The highest BCUT2D eigenvalue weighted by Crippen LogP contribution is 2.49. The summed E-state index contributed by atoms with van der Waals surface area (Å²) in [6.07, 6.45) is -0.0277. The number of rotatable bonds is 9. The van der Waals surface area contributed by atoms with Crippen LogP contribution in [-0.4, -0.2) is 39.5 Å². The molecule has 0 unspecified atom stereocenters. The molecule has 0 aromatic heterocycles. The molecule has 0 saturated carbocycles. The summed E-state index contributed by atoms with van der Waals surface area (Å²) in [6, 6.07) is 6.92. The molecule has 0 aliphatic rings. The molecule has 0 saturated heterocycles. The van der Waals surface area contributed by atoms with Gasteiger partial charge in [-0.1, -0.05) is 12.1 Å². The summed E-state index contributed by atoms with van der Waals surface area (Å²) in [4.78, 5) is 10.8. The van der Waals surface area contributed by atoms with Gasteiger partial charge >= 0.3 is 5.97 Å². The van der Waals surface area contributed by atoms with Crippen molar-refractivity contribution in [3.05, 3.63) is 41.0 Å². The molecule has 0 spiro atoms. The van der Waals surface area contributed by atoms with Crippen LogP contribution in [0.15, 0.2) is 24.3 Å². The highest BCUT2D eigenvalue weighted by molar-refractivity contribution is 5.70. The van der Waals surface area contributed by atoms with Crippen LogP contribution in [0.25, 0.3) is 0 Å². The molecule has 7 nitrogen and oxygen atoms in total. The number of ether oxygens (including phenoxy) is 5. The molecule has 0 heterocycles. The van der Waals surface area contributed by atoms with Gasteiger partial charge in [-0.3, -0.25) is 4.79 Å². The summed E-state index contributed by atoms with van der Waals surface area (Å²) in [5.41, 5.74) is 2.28. The number of methoxy groups -OCH3 is 4. The number of aliphatic carboxylic acids is 1. The quantitative estimate of drug-likeness (QED) is 0.719. The number of hydrogen-bond donors (Lipinski definition) is 1. The van der Waals surface area contributed by atoms with E-state index in [1.807, 2.05) is 6.92 Å². The van der Waals surface area contributed by atoms with Gasteiger partial charge < -0.3 is 28.8 Å². The van der Waals surface area contributed by atoms with Gasteiger partial charge in [0, 0.05) is 11.1 Å². The molecule has 0 atom stereocenters. The van der Waals surface area contributed by atoms with Gasteiger partial charge in [-0.2, -0.15) is 0 Å². The Kier molecular flexibility index (Phi) is 6.76. The van der Waals surface area contributed by atoms with Crippen LogP contribution in [0.5, 0.6) is 28.7 Å². The monoisotopic (exact) mass is 376 g/mol. The molecule has 0 aliphatic heterocycles. The lowest BCUT2D eigenvalue weighted by Gasteiger charge is -2.21. The molecule has 146 valence electrons. The highest BCUT2D eigenvalue weighted by Gasteiger charge is 2.25. The van der Waals surface area contributed by atoms with E-state index in [2.05, 4.69) is 0 Å². The molecule has 0 bridgehead atoms. The van der Waals surface area contributed by atoms with E-state index in [4.69, 9.17) is 28.8 Å². The maximum absolute atomic E-state index is 10.8. The van der Waals surface area contributed by atoms with E-state index in [1.54, 1.807) is 38.5 Å². The number of carbonyl (C=O) groups is 1. The third kappa shape index (κ3) is 4.36. The van der Waals surface area contributed by atoms with Crippen molar-refractivity contribution in [2.24, 2.45) is 0 Å². The van der Waals surface area contributed by atoms with Crippen LogP contribution >= 0.6 is 0 Å². The molecule has 0 radical (unpaired) electrons. The predicted octanol–water partition coefficient (Wildman–Crippen LogP) is 3.24. The predicted molar refractivity (Wildman–Crippen MR) is 99.5 cm³/mol. The SMILES string of the molecule is COc1c(C)c(COc2ccc(CC(=O)O)cc2)c(OC)c(OC)c1OC. The first-order valence-corrected chi connectivity index (χ1v) is 8.25. The summed E-state index contributed by atoms with van der Waals surface area (Å²) in [5, 5.41) is 8.84. The van der Waals surface area contributed by atoms with Crippen LogP contribution in [0.2, 0.25) is 0 Å². The second-order valence-electron chi connectivity index (χ2n) is 5.74. The Morgan fingerprint density at radius 3 is 1.85 bits per heavy atom. The van der Waals surface area contributed by atoms with Crippen molar-refractivity contribution in [1.29, 1.82) is 0 Å². The minimum absolute atomic E-state index is 0.0277. The minimum atomic E-state index is -0.874. The van der Waals surface area contributed by atoms with Crippen molar-refractivity contribution in [2.75, 3.05) is 28.4 Å². The largest absolute Gasteiger partial charge is 0.492 e. The Hall–Kier alpha value is -3.09. The van der Waals surface area contributed by atoms with E-state index in [9.17, 15) is 4.79 Å². The fourth-order valence-electron chi connectivity index (χ4n) is 2.86. The van der Waals surface area contributed by atoms with Crippen molar-refractivity contribution < 1.29 is 33.6 Å². The maximum atomic E-state index is 10.8. The molecule has 0 amide bonds. The van der Waals surface area contributed by atoms with E-state index in [1.165, 1.54) is 14.2 Å². The first-order chi connectivity index (χ1) is 13.0. The summed E-state index contributed by atoms with van der Waals surface area (Å²) < 4.78 is 27.8. The van der Waals surface area contributed by atoms with Gasteiger partial charge in [0.15, 0.2) is 11.5 Å². The fourth-order valence-corrected chi connectivity index (χ4v) is 2.86. The molecule has 1 N–H and O–H groups in total. The molecule has 27 heavy (non-hydrogen) atoms. The first-order valence-electron chi connectivity index (χ1n) is 8.25. The number of hydrogen-bond acceptors (Lipinski definition) is 6. The molecule has 0 fully saturated rings. The standard InChI is InChI=1S/C20H24O7/c1-12-15(11-27-14-8-6-13(7-9-14)10-16(21)22)18(24-3)20(26-5)19(25-4)17(12)23-2/h6-9H,10-11H2,1-5H3,(H,21,22). The fraction of sp³-hybridized carbons (Fsp3) is 0.350. The van der Waals surface area contributed by atoms with Gasteiger partial charge in [0.05, 0.1) is 34.9 Å². The summed E-state index contributed by atoms with van der Waals surface area (Å²) >= 11 is 0. The zero-order valence-corrected chi connectivity index (χ0v) is 16.1. The van der Waals surface area contributed by atoms with E-state index in [-0.39, 0.29) is 13.0 Å². The second kappa shape index (κ2) is 9.02. The average molecular weight is 376 g/mol. The minimum Gasteiger partial charge on any atom is -0.492 e. The van der Waals surface area contributed by atoms with Gasteiger partial charge in [-0.25, -0.2) is 0 Å². The Bertz CT molecular complexity index is 797. The first kappa shape index (κ1) is 20.2. The van der Waals surface area contributed by atoms with Gasteiger partial charge in [-0.15, -0.1) is 0 Å². The van der Waals surface area contributed by atoms with Crippen LogP contribution in [-0.2, 0) is 17.8 Å². The molecule has 2 aromatic rings. The number of carboxylic acid groups (broad SMARTS) is 1. The molecule has 2 aromatic carbocycles. The lowest BCUT2D eigenvalue weighted by atomic mass is 10.0. The molecule has 0 aliphatic carbocycles. The summed E-state index contributed by atoms with van der Waals surface area (Å²) in [5.74, 6) is 1.68. The van der Waals surface area contributed by atoms with E-state index < -0.39 is 5.97 Å². The van der Waals surface area contributed by atoms with Crippen molar-refractivity contribution >= 4 is 5.97 Å². The van der Waals surface area contributed by atoms with Crippen LogP contribution < -0.4 is 23.7 Å². The topological polar surface area (TPSA) is 83.5 Å². The van der Waals surface area contributed by atoms with Crippen molar-refractivity contribution in [3.63, 3.8) is 0 Å². The van der Waals surface area contributed by atoms with Gasteiger partial charge in [0.25, 0.3) is 0 Å². The highest BCUT2D eigenvalue weighted by atomic mass is 16.5. The summed E-state index contributed by atoms with van der Waals surface area (Å²) in [6.45, 7) is 2.10. The lowest BCUT2D eigenvalue weighted by molar-refractivity contribution is -0.136. The Balaban J connectivity index is 2.33. The smallest absolute Gasteiger partial charge is 0.307 e. The zero-order valence-electron chi connectivity index (χ0n) is 16.1. The molecule has 2 rings (SSSR count). The molecular weight excluding hydrogens is 352 g/mol. The normalized spacial score (nSPS) is 10.3. The van der Waals surface area contributed by atoms with Crippen molar-refractivity contribution in [3.8, 4) is 28.7 Å². The van der Waals surface area contributed by atoms with E-state index in [0.29, 0.717) is 34.3 Å². The van der Waals surface area contributed by atoms with Gasteiger partial charge in [0.2, 0.25) is 11.5 Å². The number of benzene rings is 2. The molecule has 7 heteroatoms. The van der Waals surface area contributed by atoms with Gasteiger partial charge in [-0.05, 0) is 24.6 Å². The van der Waals surface area contributed by atoms with Crippen molar-refractivity contribution in [1.82, 2.24) is 0 Å². The van der Waals surface area contributed by atoms with E-state index in [0.717, 1.165) is 11.1 Å². The third-order valence-electron chi connectivity index (χ3n) is 4.16. The van der Waals surface area contributed by atoms with Crippen LogP contribution in [0.4, 0.5) is 0 Å². The van der Waals surface area contributed by atoms with E-state index >= 15 is 0 Å². The Morgan fingerprint density at radius 1 is 0.852 bits per heavy atom. The van der Waals surface area contributed by atoms with Gasteiger partial charge in [0.1, 0.15) is 12.4 Å². The van der Waals surface area contributed by atoms with Crippen LogP contribution in [0, 0.1) is 6.92 Å². The van der Waals surface area contributed by atoms with Crippen LogP contribution in [0.1, 0.15) is 16.7 Å². The van der Waals surface area contributed by atoms with Crippen LogP contribution in [0.3, 0.4) is 0 Å². The Labute approximate surface area is 158 Å². The summed E-state index contributed by atoms with van der Waals surface area (Å²) in [7, 11) is 6.17. The Morgan fingerprint density at radius 2 is 1.37 bits per heavy atom. The second-order valence-corrected chi connectivity index (χ2v) is 5.74. The van der Waals surface area contributed by atoms with Crippen molar-refractivity contribution in [2.45, 2.75) is 20.0 Å². The third-order valence-corrected chi connectivity index (χ3v) is 4.16.